The average Bonchev–Trinajstić information content (AvgIpc) is 2.10. The molecule has 4 heteroatoms. The second kappa shape index (κ2) is 5.00. The van der Waals surface area contributed by atoms with Crippen LogP contribution in [0.25, 0.3) is 0 Å². The normalized spacial score (nSPS) is 13.1. The van der Waals surface area contributed by atoms with Crippen LogP contribution in [0, 0.1) is 0 Å². The molecule has 0 aliphatic carbocycles. The molecule has 0 saturated heterocycles. The fraction of sp³-hybridized carbons (Fsp3) is 0.455. The summed E-state index contributed by atoms with van der Waals surface area (Å²) in [6.07, 6.45) is -0.377. The van der Waals surface area contributed by atoms with Gasteiger partial charge in [0.2, 0.25) is 0 Å². The number of nitrogens with two attached hydrogens (primary N) is 1. The minimum Gasteiger partial charge on any atom is -0.508 e. The van der Waals surface area contributed by atoms with Crippen molar-refractivity contribution in [1.82, 2.24) is 4.90 Å². The van der Waals surface area contributed by atoms with Crippen LogP contribution < -0.4 is 5.73 Å². The molecule has 0 bridgehead atoms. The van der Waals surface area contributed by atoms with Gasteiger partial charge in [0.25, 0.3) is 0 Å². The summed E-state index contributed by atoms with van der Waals surface area (Å²) < 4.78 is 0. The van der Waals surface area contributed by atoms with Crippen LogP contribution in [0.15, 0.2) is 18.2 Å². The van der Waals surface area contributed by atoms with Crippen molar-refractivity contribution in [2.45, 2.75) is 19.6 Å². The van der Waals surface area contributed by atoms with E-state index in [1.807, 2.05) is 11.9 Å². The van der Waals surface area contributed by atoms with Crippen LogP contribution in [-0.2, 0) is 6.54 Å². The Labute approximate surface area is 89.9 Å². The zero-order chi connectivity index (χ0) is 11.4. The molecule has 15 heavy (non-hydrogen) atoms. The van der Waals surface area contributed by atoms with Gasteiger partial charge in [0.15, 0.2) is 0 Å². The minimum atomic E-state index is -0.377. The number of benzene rings is 1. The molecule has 84 valence electrons. The fourth-order valence-electron chi connectivity index (χ4n) is 1.54. The molecule has 1 aromatic rings. The summed E-state index contributed by atoms with van der Waals surface area (Å²) in [7, 11) is 1.88. The molecule has 4 nitrogen and oxygen atoms in total. The highest BCUT2D eigenvalue weighted by molar-refractivity contribution is 5.47. The smallest absolute Gasteiger partial charge is 0.120 e. The molecule has 0 aliphatic rings. The zero-order valence-electron chi connectivity index (χ0n) is 9.14. The predicted octanol–water partition coefficient (Wildman–Crippen LogP) is 0.787. The van der Waals surface area contributed by atoms with Gasteiger partial charge >= 0.3 is 0 Å². The van der Waals surface area contributed by atoms with E-state index in [4.69, 9.17) is 5.73 Å². The first-order valence-corrected chi connectivity index (χ1v) is 4.93. The summed E-state index contributed by atoms with van der Waals surface area (Å²) in [4.78, 5) is 1.93. The Kier molecular flexibility index (Phi) is 3.94. The van der Waals surface area contributed by atoms with Crippen molar-refractivity contribution >= 4 is 5.69 Å². The van der Waals surface area contributed by atoms with Crippen molar-refractivity contribution in [1.29, 1.82) is 0 Å². The van der Waals surface area contributed by atoms with Crippen molar-refractivity contribution in [3.8, 4) is 5.75 Å². The van der Waals surface area contributed by atoms with Gasteiger partial charge in [0.1, 0.15) is 5.75 Å². The van der Waals surface area contributed by atoms with Gasteiger partial charge in [0, 0.05) is 24.3 Å². The summed E-state index contributed by atoms with van der Waals surface area (Å²) >= 11 is 0. The molecule has 1 atom stereocenters. The maximum absolute atomic E-state index is 9.57. The van der Waals surface area contributed by atoms with Crippen molar-refractivity contribution < 1.29 is 10.2 Å². The Morgan fingerprint density at radius 1 is 1.47 bits per heavy atom. The molecule has 0 saturated carbocycles. The second-order valence-electron chi connectivity index (χ2n) is 3.93. The van der Waals surface area contributed by atoms with E-state index in [1.165, 1.54) is 0 Å². The highest BCUT2D eigenvalue weighted by Crippen LogP contribution is 2.20. The highest BCUT2D eigenvalue weighted by atomic mass is 16.3. The van der Waals surface area contributed by atoms with Gasteiger partial charge in [-0.1, -0.05) is 0 Å². The average molecular weight is 210 g/mol. The van der Waals surface area contributed by atoms with Gasteiger partial charge in [-0.05, 0) is 32.2 Å². The quantitative estimate of drug-likeness (QED) is 0.507. The Hall–Kier alpha value is -1.26. The first kappa shape index (κ1) is 11.8. The highest BCUT2D eigenvalue weighted by Gasteiger charge is 2.07. The number of hydrogen-bond acceptors (Lipinski definition) is 4. The SMILES string of the molecule is CC(O)CN(C)Cc1cc(N)ccc1O. The number of anilines is 1. The van der Waals surface area contributed by atoms with Crippen LogP contribution in [-0.4, -0.2) is 34.8 Å². The standard InChI is InChI=1S/C11H18N2O2/c1-8(14)6-13(2)7-9-5-10(12)3-4-11(9)15/h3-5,8,14-15H,6-7,12H2,1-2H3. The number of nitrogen functional groups attached to an aromatic ring is 1. The van der Waals surface area contributed by atoms with E-state index in [-0.39, 0.29) is 11.9 Å². The summed E-state index contributed by atoms with van der Waals surface area (Å²) in [6.45, 7) is 2.87. The summed E-state index contributed by atoms with van der Waals surface area (Å²) in [5.41, 5.74) is 7.03. The third-order valence-electron chi connectivity index (χ3n) is 2.12. The fourth-order valence-corrected chi connectivity index (χ4v) is 1.54. The largest absolute Gasteiger partial charge is 0.508 e. The monoisotopic (exact) mass is 210 g/mol. The number of hydrogen-bond donors (Lipinski definition) is 3. The molecular weight excluding hydrogens is 192 g/mol. The lowest BCUT2D eigenvalue weighted by Gasteiger charge is -2.19. The lowest BCUT2D eigenvalue weighted by molar-refractivity contribution is 0.138. The molecule has 0 aliphatic heterocycles. The van der Waals surface area contributed by atoms with Crippen LogP contribution in [0.1, 0.15) is 12.5 Å². The van der Waals surface area contributed by atoms with Gasteiger partial charge in [-0.25, -0.2) is 0 Å². The molecule has 1 rings (SSSR count). The van der Waals surface area contributed by atoms with Crippen LogP contribution in [0.5, 0.6) is 5.75 Å². The molecule has 0 heterocycles. The van der Waals surface area contributed by atoms with E-state index in [0.717, 1.165) is 5.56 Å². The maximum Gasteiger partial charge on any atom is 0.120 e. The third kappa shape index (κ3) is 3.77. The number of nitrogens with zero attached hydrogens (tertiary/aromatic N) is 1. The minimum absolute atomic E-state index is 0.238. The van der Waals surface area contributed by atoms with E-state index in [0.29, 0.717) is 18.8 Å². The number of phenols is 1. The van der Waals surface area contributed by atoms with E-state index in [9.17, 15) is 10.2 Å². The van der Waals surface area contributed by atoms with Crippen LogP contribution in [0.4, 0.5) is 5.69 Å². The maximum atomic E-state index is 9.57. The number of aliphatic hydroxyl groups excluding tert-OH is 1. The second-order valence-corrected chi connectivity index (χ2v) is 3.93. The van der Waals surface area contributed by atoms with Crippen molar-refractivity contribution in [2.24, 2.45) is 0 Å². The summed E-state index contributed by atoms with van der Waals surface area (Å²) in [5, 5.41) is 18.8. The van der Waals surface area contributed by atoms with E-state index >= 15 is 0 Å². The molecule has 0 aromatic heterocycles. The van der Waals surface area contributed by atoms with Crippen LogP contribution in [0.3, 0.4) is 0 Å². The van der Waals surface area contributed by atoms with E-state index < -0.39 is 0 Å². The summed E-state index contributed by atoms with van der Waals surface area (Å²) in [6, 6.07) is 4.99. The Balaban J connectivity index is 2.67. The van der Waals surface area contributed by atoms with E-state index in [2.05, 4.69) is 0 Å². The first-order valence-electron chi connectivity index (χ1n) is 4.93. The number of likely N-dealkylation sites (N-methyl/N-ethyl adjacent to an activating group) is 1. The Bertz CT molecular complexity index is 326. The molecule has 0 radical (unpaired) electrons. The molecular formula is C11H18N2O2. The lowest BCUT2D eigenvalue weighted by atomic mass is 10.1. The molecule has 0 amide bonds. The van der Waals surface area contributed by atoms with Gasteiger partial charge in [-0.15, -0.1) is 0 Å². The van der Waals surface area contributed by atoms with Gasteiger partial charge < -0.3 is 15.9 Å². The molecule has 4 N–H and O–H groups in total. The predicted molar refractivity (Wildman–Crippen MR) is 60.5 cm³/mol. The molecule has 1 unspecified atom stereocenters. The topological polar surface area (TPSA) is 69.7 Å². The van der Waals surface area contributed by atoms with Crippen molar-refractivity contribution in [2.75, 3.05) is 19.3 Å². The molecule has 0 spiro atoms. The number of phenolic OH excluding ortho intramolecular Hbond substituents is 1. The van der Waals surface area contributed by atoms with Crippen molar-refractivity contribution in [3.05, 3.63) is 23.8 Å². The van der Waals surface area contributed by atoms with Gasteiger partial charge in [-0.3, -0.25) is 4.90 Å². The third-order valence-corrected chi connectivity index (χ3v) is 2.12. The molecule has 1 aromatic carbocycles. The summed E-state index contributed by atoms with van der Waals surface area (Å²) in [5.74, 6) is 0.238. The molecule has 0 fully saturated rings. The zero-order valence-corrected chi connectivity index (χ0v) is 9.14. The Morgan fingerprint density at radius 2 is 2.13 bits per heavy atom. The van der Waals surface area contributed by atoms with Crippen LogP contribution in [0.2, 0.25) is 0 Å². The van der Waals surface area contributed by atoms with Gasteiger partial charge in [-0.2, -0.15) is 0 Å². The first-order chi connectivity index (χ1) is 6.99. The van der Waals surface area contributed by atoms with Crippen molar-refractivity contribution in [3.63, 3.8) is 0 Å². The Morgan fingerprint density at radius 3 is 2.73 bits per heavy atom. The lowest BCUT2D eigenvalue weighted by Crippen LogP contribution is -2.26. The number of rotatable bonds is 4. The number of aliphatic hydroxyl groups is 1. The number of aromatic hydroxyl groups is 1. The van der Waals surface area contributed by atoms with Gasteiger partial charge in [0.05, 0.1) is 6.10 Å². The van der Waals surface area contributed by atoms with Crippen LogP contribution >= 0.6 is 0 Å². The van der Waals surface area contributed by atoms with E-state index in [1.54, 1.807) is 25.1 Å².